The average molecular weight is 263 g/mol. The lowest BCUT2D eigenvalue weighted by molar-refractivity contribution is 0.287. The van der Waals surface area contributed by atoms with Crippen molar-refractivity contribution in [1.29, 1.82) is 0 Å². The highest BCUT2D eigenvalue weighted by atomic mass is 19.1. The molecule has 1 fully saturated rings. The number of benzene rings is 1. The van der Waals surface area contributed by atoms with Crippen LogP contribution in [-0.2, 0) is 6.42 Å². The van der Waals surface area contributed by atoms with Crippen molar-refractivity contribution in [3.63, 3.8) is 0 Å². The average Bonchev–Trinajstić information content (AvgIpc) is 2.59. The van der Waals surface area contributed by atoms with E-state index in [9.17, 15) is 4.39 Å². The summed E-state index contributed by atoms with van der Waals surface area (Å²) in [6.45, 7) is 5.40. The maximum atomic E-state index is 13.2. The Morgan fingerprint density at radius 3 is 2.84 bits per heavy atom. The van der Waals surface area contributed by atoms with Gasteiger partial charge in [0.25, 0.3) is 0 Å². The van der Waals surface area contributed by atoms with E-state index in [1.807, 2.05) is 13.0 Å². The van der Waals surface area contributed by atoms with Gasteiger partial charge in [-0.15, -0.1) is 0 Å². The summed E-state index contributed by atoms with van der Waals surface area (Å²) in [5.41, 5.74) is 2.61. The molecule has 0 amide bonds. The van der Waals surface area contributed by atoms with Crippen LogP contribution < -0.4 is 5.32 Å². The molecule has 0 saturated carbocycles. The van der Waals surface area contributed by atoms with E-state index in [1.165, 1.54) is 44.1 Å². The van der Waals surface area contributed by atoms with Crippen molar-refractivity contribution in [3.05, 3.63) is 35.1 Å². The second-order valence-corrected chi connectivity index (χ2v) is 6.02. The first-order valence-corrected chi connectivity index (χ1v) is 7.65. The Kier molecular flexibility index (Phi) is 4.98. The number of hydrogen-bond acceptors (Lipinski definition) is 1. The van der Waals surface area contributed by atoms with Crippen LogP contribution in [0.25, 0.3) is 0 Å². The Hall–Kier alpha value is -0.890. The number of rotatable bonds is 4. The van der Waals surface area contributed by atoms with Gasteiger partial charge in [0, 0.05) is 5.54 Å². The first-order valence-electron chi connectivity index (χ1n) is 7.65. The smallest absolute Gasteiger partial charge is 0.123 e. The molecular formula is C17H26FN. The van der Waals surface area contributed by atoms with E-state index in [1.54, 1.807) is 12.1 Å². The molecule has 0 aliphatic carbocycles. The van der Waals surface area contributed by atoms with Gasteiger partial charge in [-0.1, -0.05) is 32.3 Å². The van der Waals surface area contributed by atoms with Gasteiger partial charge in [-0.05, 0) is 62.4 Å². The first kappa shape index (κ1) is 14.5. The second kappa shape index (κ2) is 6.51. The van der Waals surface area contributed by atoms with Gasteiger partial charge in [0.2, 0.25) is 0 Å². The van der Waals surface area contributed by atoms with Crippen molar-refractivity contribution in [2.45, 2.75) is 64.3 Å². The summed E-state index contributed by atoms with van der Waals surface area (Å²) in [6.07, 6.45) is 8.63. The molecule has 0 bridgehead atoms. The van der Waals surface area contributed by atoms with Crippen LogP contribution in [-0.4, -0.2) is 12.1 Å². The van der Waals surface area contributed by atoms with Gasteiger partial charge in [0.05, 0.1) is 0 Å². The predicted molar refractivity (Wildman–Crippen MR) is 79.0 cm³/mol. The van der Waals surface area contributed by atoms with Crippen molar-refractivity contribution in [2.24, 2.45) is 0 Å². The molecule has 1 aliphatic heterocycles. The third kappa shape index (κ3) is 3.79. The van der Waals surface area contributed by atoms with Crippen molar-refractivity contribution < 1.29 is 4.39 Å². The van der Waals surface area contributed by atoms with E-state index in [-0.39, 0.29) is 11.4 Å². The summed E-state index contributed by atoms with van der Waals surface area (Å²) in [7, 11) is 0. The molecule has 106 valence electrons. The molecule has 1 atom stereocenters. The van der Waals surface area contributed by atoms with Crippen molar-refractivity contribution in [3.8, 4) is 0 Å². The number of hydrogen-bond donors (Lipinski definition) is 1. The molecule has 1 saturated heterocycles. The van der Waals surface area contributed by atoms with Crippen molar-refractivity contribution in [1.82, 2.24) is 5.32 Å². The molecule has 2 heteroatoms. The maximum absolute atomic E-state index is 13.2. The summed E-state index contributed by atoms with van der Waals surface area (Å²) in [4.78, 5) is 0. The van der Waals surface area contributed by atoms with Crippen molar-refractivity contribution >= 4 is 0 Å². The minimum absolute atomic E-state index is 0.125. The molecular weight excluding hydrogens is 237 g/mol. The van der Waals surface area contributed by atoms with Gasteiger partial charge in [-0.2, -0.15) is 0 Å². The fraction of sp³-hybridized carbons (Fsp3) is 0.647. The fourth-order valence-corrected chi connectivity index (χ4v) is 3.36. The van der Waals surface area contributed by atoms with Gasteiger partial charge in [0.1, 0.15) is 5.82 Å². The minimum atomic E-state index is -0.125. The highest BCUT2D eigenvalue weighted by Crippen LogP contribution is 2.29. The van der Waals surface area contributed by atoms with Crippen LogP contribution in [0.3, 0.4) is 0 Å². The molecule has 0 radical (unpaired) electrons. The Morgan fingerprint density at radius 2 is 2.11 bits per heavy atom. The molecule has 1 aromatic rings. The molecule has 19 heavy (non-hydrogen) atoms. The molecule has 1 unspecified atom stereocenters. The number of nitrogens with one attached hydrogen (secondary N) is 1. The van der Waals surface area contributed by atoms with E-state index in [0.29, 0.717) is 0 Å². The zero-order valence-electron chi connectivity index (χ0n) is 12.3. The fourth-order valence-electron chi connectivity index (χ4n) is 3.36. The molecule has 1 nitrogen and oxygen atoms in total. The standard InChI is InChI=1S/C17H26FN/c1-3-9-17(10-5-4-6-11-19-17)13-15-7-8-16(18)12-14(15)2/h7-8,12,19H,3-6,9-11,13H2,1-2H3. The highest BCUT2D eigenvalue weighted by Gasteiger charge is 2.30. The maximum Gasteiger partial charge on any atom is 0.123 e. The van der Waals surface area contributed by atoms with Crippen LogP contribution in [0.5, 0.6) is 0 Å². The number of aryl methyl sites for hydroxylation is 1. The van der Waals surface area contributed by atoms with Crippen LogP contribution in [0.1, 0.15) is 56.6 Å². The van der Waals surface area contributed by atoms with Crippen LogP contribution in [0, 0.1) is 12.7 Å². The van der Waals surface area contributed by atoms with E-state index in [4.69, 9.17) is 0 Å². The molecule has 1 aliphatic rings. The lowest BCUT2D eigenvalue weighted by atomic mass is 9.82. The first-order chi connectivity index (χ1) is 9.15. The van der Waals surface area contributed by atoms with Gasteiger partial charge >= 0.3 is 0 Å². The molecule has 1 aromatic carbocycles. The predicted octanol–water partition coefficient (Wildman–Crippen LogP) is 4.38. The van der Waals surface area contributed by atoms with Gasteiger partial charge in [-0.3, -0.25) is 0 Å². The molecule has 0 spiro atoms. The van der Waals surface area contributed by atoms with Crippen LogP contribution in [0.2, 0.25) is 0 Å². The third-order valence-electron chi connectivity index (χ3n) is 4.39. The van der Waals surface area contributed by atoms with Crippen LogP contribution in [0.15, 0.2) is 18.2 Å². The minimum Gasteiger partial charge on any atom is -0.311 e. The second-order valence-electron chi connectivity index (χ2n) is 6.02. The highest BCUT2D eigenvalue weighted by molar-refractivity contribution is 5.28. The Bertz CT molecular complexity index is 406. The summed E-state index contributed by atoms with van der Waals surface area (Å²) in [5, 5.41) is 3.79. The van der Waals surface area contributed by atoms with E-state index >= 15 is 0 Å². The normalized spacial score (nSPS) is 24.2. The lowest BCUT2D eigenvalue weighted by Gasteiger charge is -2.34. The quantitative estimate of drug-likeness (QED) is 0.850. The third-order valence-corrected chi connectivity index (χ3v) is 4.39. The Morgan fingerprint density at radius 1 is 1.26 bits per heavy atom. The van der Waals surface area contributed by atoms with Gasteiger partial charge < -0.3 is 5.32 Å². The van der Waals surface area contributed by atoms with Gasteiger partial charge in [-0.25, -0.2) is 4.39 Å². The largest absolute Gasteiger partial charge is 0.311 e. The molecule has 1 heterocycles. The summed E-state index contributed by atoms with van der Waals surface area (Å²) in [6, 6.07) is 5.22. The zero-order chi connectivity index (χ0) is 13.7. The van der Waals surface area contributed by atoms with Gasteiger partial charge in [0.15, 0.2) is 0 Å². The van der Waals surface area contributed by atoms with E-state index in [0.717, 1.165) is 18.5 Å². The summed E-state index contributed by atoms with van der Waals surface area (Å²) in [5.74, 6) is -0.125. The Labute approximate surface area is 116 Å². The Balaban J connectivity index is 2.19. The lowest BCUT2D eigenvalue weighted by Crippen LogP contribution is -2.46. The van der Waals surface area contributed by atoms with Crippen molar-refractivity contribution in [2.75, 3.05) is 6.54 Å². The zero-order valence-corrected chi connectivity index (χ0v) is 12.3. The molecule has 0 aromatic heterocycles. The summed E-state index contributed by atoms with van der Waals surface area (Å²) < 4.78 is 13.2. The topological polar surface area (TPSA) is 12.0 Å². The van der Waals surface area contributed by atoms with E-state index < -0.39 is 0 Å². The van der Waals surface area contributed by atoms with Crippen LogP contribution in [0.4, 0.5) is 4.39 Å². The number of halogens is 1. The summed E-state index contributed by atoms with van der Waals surface area (Å²) >= 11 is 0. The molecule has 2 rings (SSSR count). The molecule has 1 N–H and O–H groups in total. The van der Waals surface area contributed by atoms with Crippen LogP contribution >= 0.6 is 0 Å². The van der Waals surface area contributed by atoms with E-state index in [2.05, 4.69) is 12.2 Å². The SMILES string of the molecule is CCCC1(Cc2ccc(F)cc2C)CCCCCN1. The monoisotopic (exact) mass is 263 g/mol.